The van der Waals surface area contributed by atoms with Gasteiger partial charge in [-0.05, 0) is 40.8 Å². The van der Waals surface area contributed by atoms with Gasteiger partial charge in [-0.2, -0.15) is 0 Å². The van der Waals surface area contributed by atoms with Crippen LogP contribution in [0, 0.1) is 0 Å². The molecule has 0 aromatic heterocycles. The molecular formula is C21H26N2O3. The first-order chi connectivity index (χ1) is 12.2. The zero-order chi connectivity index (χ0) is 19.3. The van der Waals surface area contributed by atoms with Gasteiger partial charge in [0.1, 0.15) is 11.8 Å². The predicted molar refractivity (Wildman–Crippen MR) is 102 cm³/mol. The first-order valence-corrected chi connectivity index (χ1v) is 8.54. The third kappa shape index (κ3) is 5.09. The Kier molecular flexibility index (Phi) is 6.03. The number of hydrogen-bond donors (Lipinski definition) is 2. The smallest absolute Gasteiger partial charge is 0.251 e. The van der Waals surface area contributed by atoms with Gasteiger partial charge in [0.25, 0.3) is 5.91 Å². The topological polar surface area (TPSA) is 81.4 Å². The van der Waals surface area contributed by atoms with E-state index in [0.29, 0.717) is 17.7 Å². The number of rotatable bonds is 6. The lowest BCUT2D eigenvalue weighted by atomic mass is 9.86. The molecule has 26 heavy (non-hydrogen) atoms. The normalized spacial score (nSPS) is 12.3. The van der Waals surface area contributed by atoms with Crippen LogP contribution in [0.4, 0.5) is 0 Å². The van der Waals surface area contributed by atoms with Crippen LogP contribution < -0.4 is 15.8 Å². The van der Waals surface area contributed by atoms with Gasteiger partial charge in [-0.3, -0.25) is 9.59 Å². The van der Waals surface area contributed by atoms with E-state index in [1.54, 1.807) is 19.2 Å². The number of benzene rings is 2. The molecule has 3 N–H and O–H groups in total. The maximum absolute atomic E-state index is 12.5. The number of nitrogens with two attached hydrogens (primary N) is 1. The quantitative estimate of drug-likeness (QED) is 0.837. The Morgan fingerprint density at radius 2 is 1.77 bits per heavy atom. The van der Waals surface area contributed by atoms with E-state index in [1.165, 1.54) is 0 Å². The van der Waals surface area contributed by atoms with Crippen molar-refractivity contribution in [3.05, 3.63) is 65.2 Å². The molecule has 1 atom stereocenters. The van der Waals surface area contributed by atoms with Crippen molar-refractivity contribution in [2.75, 3.05) is 7.11 Å². The molecule has 0 spiro atoms. The highest BCUT2D eigenvalue weighted by molar-refractivity contribution is 5.97. The lowest BCUT2D eigenvalue weighted by Crippen LogP contribution is -2.45. The van der Waals surface area contributed by atoms with Crippen molar-refractivity contribution in [2.45, 2.75) is 38.6 Å². The molecule has 0 unspecified atom stereocenters. The number of nitrogens with one attached hydrogen (secondary N) is 1. The van der Waals surface area contributed by atoms with Gasteiger partial charge in [-0.1, -0.05) is 45.0 Å². The van der Waals surface area contributed by atoms with Crippen molar-refractivity contribution in [1.82, 2.24) is 5.32 Å². The van der Waals surface area contributed by atoms with Crippen molar-refractivity contribution in [3.8, 4) is 5.75 Å². The standard InChI is InChI=1S/C21H26N2O3/c1-21(2,3)16-10-8-15(9-11-16)20(25)23-18(19(22)24)13-14-6-5-7-17(12-14)26-4/h5-12,18H,13H2,1-4H3,(H2,22,24)(H,23,25)/t18-/m0/s1. The largest absolute Gasteiger partial charge is 0.497 e. The summed E-state index contributed by atoms with van der Waals surface area (Å²) in [6, 6.07) is 13.9. The van der Waals surface area contributed by atoms with Crippen molar-refractivity contribution < 1.29 is 14.3 Å². The first kappa shape index (κ1) is 19.5. The SMILES string of the molecule is COc1cccc(C[C@H](NC(=O)c2ccc(C(C)(C)C)cc2)C(N)=O)c1. The molecule has 2 aromatic rings. The minimum atomic E-state index is -0.795. The Balaban J connectivity index is 2.11. The van der Waals surface area contributed by atoms with Crippen LogP contribution in [-0.4, -0.2) is 25.0 Å². The van der Waals surface area contributed by atoms with Crippen LogP contribution in [0.25, 0.3) is 0 Å². The maximum Gasteiger partial charge on any atom is 0.251 e. The summed E-state index contributed by atoms with van der Waals surface area (Å²) in [5.74, 6) is -0.209. The molecule has 0 aliphatic heterocycles. The van der Waals surface area contributed by atoms with E-state index in [4.69, 9.17) is 10.5 Å². The summed E-state index contributed by atoms with van der Waals surface area (Å²) in [6.07, 6.45) is 0.304. The van der Waals surface area contributed by atoms with Crippen molar-refractivity contribution in [3.63, 3.8) is 0 Å². The second kappa shape index (κ2) is 8.04. The van der Waals surface area contributed by atoms with Gasteiger partial charge in [-0.25, -0.2) is 0 Å². The zero-order valence-electron chi connectivity index (χ0n) is 15.7. The Bertz CT molecular complexity index is 777. The molecule has 0 bridgehead atoms. The molecule has 2 rings (SSSR count). The molecule has 5 heteroatoms. The van der Waals surface area contributed by atoms with E-state index >= 15 is 0 Å². The van der Waals surface area contributed by atoms with Gasteiger partial charge in [0.15, 0.2) is 0 Å². The number of hydrogen-bond acceptors (Lipinski definition) is 3. The van der Waals surface area contributed by atoms with Gasteiger partial charge in [0.2, 0.25) is 5.91 Å². The summed E-state index contributed by atoms with van der Waals surface area (Å²) in [6.45, 7) is 6.33. The molecule has 0 fully saturated rings. The highest BCUT2D eigenvalue weighted by atomic mass is 16.5. The molecule has 138 valence electrons. The Labute approximate surface area is 154 Å². The van der Waals surface area contributed by atoms with Crippen molar-refractivity contribution in [2.24, 2.45) is 5.73 Å². The fourth-order valence-corrected chi connectivity index (χ4v) is 2.62. The summed E-state index contributed by atoms with van der Waals surface area (Å²) in [5, 5.41) is 2.72. The van der Waals surface area contributed by atoms with Crippen LogP contribution in [0.1, 0.15) is 42.3 Å². The number of primary amides is 1. The van der Waals surface area contributed by atoms with Crippen LogP contribution in [0.2, 0.25) is 0 Å². The third-order valence-corrected chi connectivity index (χ3v) is 4.24. The number of ether oxygens (including phenoxy) is 1. The average molecular weight is 354 g/mol. The van der Waals surface area contributed by atoms with Crippen molar-refractivity contribution in [1.29, 1.82) is 0 Å². The summed E-state index contributed by atoms with van der Waals surface area (Å²) in [7, 11) is 1.58. The van der Waals surface area contributed by atoms with Gasteiger partial charge in [0.05, 0.1) is 7.11 Å². The molecule has 2 amide bonds. The second-order valence-corrected chi connectivity index (χ2v) is 7.31. The molecule has 0 aliphatic rings. The van der Waals surface area contributed by atoms with E-state index in [9.17, 15) is 9.59 Å². The number of amides is 2. The maximum atomic E-state index is 12.5. The summed E-state index contributed by atoms with van der Waals surface area (Å²) >= 11 is 0. The van der Waals surface area contributed by atoms with Crippen LogP contribution in [-0.2, 0) is 16.6 Å². The molecule has 0 heterocycles. The molecule has 2 aromatic carbocycles. The summed E-state index contributed by atoms with van der Waals surface area (Å²) in [4.78, 5) is 24.3. The van der Waals surface area contributed by atoms with Crippen molar-refractivity contribution >= 4 is 11.8 Å². The lowest BCUT2D eigenvalue weighted by molar-refractivity contribution is -0.119. The average Bonchev–Trinajstić information content (AvgIpc) is 2.60. The van der Waals surface area contributed by atoms with Crippen LogP contribution in [0.3, 0.4) is 0 Å². The molecule has 5 nitrogen and oxygen atoms in total. The second-order valence-electron chi connectivity index (χ2n) is 7.31. The molecular weight excluding hydrogens is 328 g/mol. The summed E-state index contributed by atoms with van der Waals surface area (Å²) < 4.78 is 5.18. The zero-order valence-corrected chi connectivity index (χ0v) is 15.7. The highest BCUT2D eigenvalue weighted by Gasteiger charge is 2.20. The lowest BCUT2D eigenvalue weighted by Gasteiger charge is -2.20. The minimum Gasteiger partial charge on any atom is -0.497 e. The minimum absolute atomic E-state index is 0.0110. The number of carbonyl (C=O) groups is 2. The Morgan fingerprint density at radius 3 is 2.31 bits per heavy atom. The van der Waals surface area contributed by atoms with E-state index in [-0.39, 0.29) is 11.3 Å². The van der Waals surface area contributed by atoms with E-state index in [1.807, 2.05) is 36.4 Å². The van der Waals surface area contributed by atoms with Gasteiger partial charge in [-0.15, -0.1) is 0 Å². The van der Waals surface area contributed by atoms with E-state index in [0.717, 1.165) is 11.1 Å². The monoisotopic (exact) mass is 354 g/mol. The first-order valence-electron chi connectivity index (χ1n) is 8.54. The molecule has 0 radical (unpaired) electrons. The number of methoxy groups -OCH3 is 1. The highest BCUT2D eigenvalue weighted by Crippen LogP contribution is 2.22. The van der Waals surface area contributed by atoms with Crippen LogP contribution in [0.15, 0.2) is 48.5 Å². The van der Waals surface area contributed by atoms with Gasteiger partial charge < -0.3 is 15.8 Å². The van der Waals surface area contributed by atoms with Gasteiger partial charge >= 0.3 is 0 Å². The fraction of sp³-hybridized carbons (Fsp3) is 0.333. The van der Waals surface area contributed by atoms with Crippen LogP contribution in [0.5, 0.6) is 5.75 Å². The number of carbonyl (C=O) groups excluding carboxylic acids is 2. The third-order valence-electron chi connectivity index (χ3n) is 4.24. The Morgan fingerprint density at radius 1 is 1.12 bits per heavy atom. The predicted octanol–water partition coefficient (Wildman–Crippen LogP) is 2.82. The fourth-order valence-electron chi connectivity index (χ4n) is 2.62. The summed E-state index contributed by atoms with van der Waals surface area (Å²) in [5.41, 5.74) is 7.98. The molecule has 0 saturated carbocycles. The Hall–Kier alpha value is -2.82. The molecule has 0 saturated heterocycles. The van der Waals surface area contributed by atoms with Crippen LogP contribution >= 0.6 is 0 Å². The van der Waals surface area contributed by atoms with E-state index in [2.05, 4.69) is 26.1 Å². The molecule has 0 aliphatic carbocycles. The van der Waals surface area contributed by atoms with E-state index < -0.39 is 11.9 Å². The van der Waals surface area contributed by atoms with Gasteiger partial charge in [0, 0.05) is 12.0 Å².